The molecule has 3 N–H and O–H groups in total. The van der Waals surface area contributed by atoms with Gasteiger partial charge < -0.3 is 15.7 Å². The van der Waals surface area contributed by atoms with Crippen LogP contribution in [0, 0.1) is 11.8 Å². The predicted molar refractivity (Wildman–Crippen MR) is 101 cm³/mol. The number of guanidine groups is 1. The molecule has 1 rings (SSSR count). The van der Waals surface area contributed by atoms with Gasteiger partial charge in [0.05, 0.1) is 6.10 Å². The second-order valence-corrected chi connectivity index (χ2v) is 6.49. The van der Waals surface area contributed by atoms with E-state index in [1.807, 2.05) is 0 Å². The molecular weight excluding hydrogens is 377 g/mol. The van der Waals surface area contributed by atoms with Crippen LogP contribution in [-0.4, -0.2) is 36.3 Å². The number of aliphatic hydroxyl groups is 1. The Kier molecular flexibility index (Phi) is 11.5. The fraction of sp³-hybridized carbons (Fsp3) is 0.938. The Morgan fingerprint density at radius 3 is 2.48 bits per heavy atom. The molecule has 0 amide bonds. The lowest BCUT2D eigenvalue weighted by molar-refractivity contribution is 0.136. The Balaban J connectivity index is 0.00000400. The molecule has 1 aliphatic rings. The monoisotopic (exact) mass is 411 g/mol. The minimum atomic E-state index is -0.153. The maximum Gasteiger partial charge on any atom is 0.191 e. The standard InChI is InChI=1S/C16H33N3O.HI/c1-5-17-16(19-13(4)10-9-12(2)3)18-11-14-7-6-8-15(14)20;/h12-15,20H,5-11H2,1-4H3,(H2,17,18,19);1H. The van der Waals surface area contributed by atoms with Gasteiger partial charge in [-0.1, -0.05) is 20.3 Å². The molecule has 1 fully saturated rings. The van der Waals surface area contributed by atoms with Crippen molar-refractivity contribution in [1.82, 2.24) is 10.6 Å². The number of hydrogen-bond acceptors (Lipinski definition) is 2. The van der Waals surface area contributed by atoms with Gasteiger partial charge in [-0.25, -0.2) is 0 Å². The maximum absolute atomic E-state index is 9.85. The van der Waals surface area contributed by atoms with Gasteiger partial charge in [0, 0.05) is 25.0 Å². The van der Waals surface area contributed by atoms with Crippen molar-refractivity contribution in [3.63, 3.8) is 0 Å². The van der Waals surface area contributed by atoms with Crippen LogP contribution in [0.5, 0.6) is 0 Å². The Labute approximate surface area is 147 Å². The summed E-state index contributed by atoms with van der Waals surface area (Å²) in [5, 5.41) is 16.6. The van der Waals surface area contributed by atoms with Gasteiger partial charge in [0.25, 0.3) is 0 Å². The molecule has 0 aromatic carbocycles. The number of nitrogens with zero attached hydrogens (tertiary/aromatic N) is 1. The van der Waals surface area contributed by atoms with E-state index in [0.717, 1.165) is 50.7 Å². The number of halogens is 1. The Hall–Kier alpha value is -0.0400. The zero-order chi connectivity index (χ0) is 15.0. The van der Waals surface area contributed by atoms with Gasteiger partial charge in [-0.15, -0.1) is 24.0 Å². The Bertz CT molecular complexity index is 297. The average Bonchev–Trinajstić information content (AvgIpc) is 2.79. The molecule has 0 saturated heterocycles. The fourth-order valence-electron chi connectivity index (χ4n) is 2.65. The van der Waals surface area contributed by atoms with E-state index in [-0.39, 0.29) is 30.1 Å². The Morgan fingerprint density at radius 2 is 1.95 bits per heavy atom. The van der Waals surface area contributed by atoms with Gasteiger partial charge in [-0.05, 0) is 45.4 Å². The quantitative estimate of drug-likeness (QED) is 0.343. The SMILES string of the molecule is CCNC(=NCC1CCCC1O)NC(C)CCC(C)C.I. The first kappa shape index (κ1) is 21.0. The van der Waals surface area contributed by atoms with Crippen molar-refractivity contribution in [2.75, 3.05) is 13.1 Å². The third-order valence-corrected chi connectivity index (χ3v) is 4.01. The van der Waals surface area contributed by atoms with E-state index in [4.69, 9.17) is 0 Å². The molecule has 0 aromatic heterocycles. The topological polar surface area (TPSA) is 56.7 Å². The molecule has 0 spiro atoms. The smallest absolute Gasteiger partial charge is 0.191 e. The van der Waals surface area contributed by atoms with Crippen LogP contribution in [0.3, 0.4) is 0 Å². The lowest BCUT2D eigenvalue weighted by atomic mass is 10.0. The second kappa shape index (κ2) is 11.5. The molecule has 1 saturated carbocycles. The molecule has 21 heavy (non-hydrogen) atoms. The molecule has 0 bridgehead atoms. The molecule has 3 unspecified atom stereocenters. The number of rotatable bonds is 7. The van der Waals surface area contributed by atoms with Crippen LogP contribution >= 0.6 is 24.0 Å². The minimum Gasteiger partial charge on any atom is -0.393 e. The van der Waals surface area contributed by atoms with Gasteiger partial charge in [-0.2, -0.15) is 0 Å². The van der Waals surface area contributed by atoms with E-state index in [0.29, 0.717) is 12.0 Å². The van der Waals surface area contributed by atoms with Crippen LogP contribution in [0.4, 0.5) is 0 Å². The molecule has 0 aromatic rings. The third kappa shape index (κ3) is 8.86. The highest BCUT2D eigenvalue weighted by Gasteiger charge is 2.24. The minimum absolute atomic E-state index is 0. The lowest BCUT2D eigenvalue weighted by Crippen LogP contribution is -2.42. The van der Waals surface area contributed by atoms with E-state index >= 15 is 0 Å². The summed E-state index contributed by atoms with van der Waals surface area (Å²) in [6.07, 6.45) is 5.42. The number of nitrogens with one attached hydrogen (secondary N) is 2. The summed E-state index contributed by atoms with van der Waals surface area (Å²) in [6, 6.07) is 0.434. The predicted octanol–water partition coefficient (Wildman–Crippen LogP) is 3.15. The summed E-state index contributed by atoms with van der Waals surface area (Å²) in [6.45, 7) is 10.4. The maximum atomic E-state index is 9.85. The van der Waals surface area contributed by atoms with Gasteiger partial charge >= 0.3 is 0 Å². The van der Waals surface area contributed by atoms with Crippen molar-refractivity contribution >= 4 is 29.9 Å². The van der Waals surface area contributed by atoms with Crippen LogP contribution in [0.2, 0.25) is 0 Å². The highest BCUT2D eigenvalue weighted by Crippen LogP contribution is 2.25. The van der Waals surface area contributed by atoms with Crippen LogP contribution in [-0.2, 0) is 0 Å². The number of hydrogen-bond donors (Lipinski definition) is 3. The van der Waals surface area contributed by atoms with Crippen molar-refractivity contribution < 1.29 is 5.11 Å². The zero-order valence-electron chi connectivity index (χ0n) is 14.1. The summed E-state index contributed by atoms with van der Waals surface area (Å²) in [5.41, 5.74) is 0. The van der Waals surface area contributed by atoms with E-state index in [9.17, 15) is 5.11 Å². The average molecular weight is 411 g/mol. The van der Waals surface area contributed by atoms with Crippen molar-refractivity contribution in [1.29, 1.82) is 0 Å². The highest BCUT2D eigenvalue weighted by atomic mass is 127. The normalized spacial score (nSPS) is 23.8. The summed E-state index contributed by atoms with van der Waals surface area (Å²) < 4.78 is 0. The van der Waals surface area contributed by atoms with Gasteiger partial charge in [-0.3, -0.25) is 4.99 Å². The summed E-state index contributed by atoms with van der Waals surface area (Å²) >= 11 is 0. The molecule has 0 radical (unpaired) electrons. The first-order valence-electron chi connectivity index (χ1n) is 8.25. The zero-order valence-corrected chi connectivity index (χ0v) is 16.4. The summed E-state index contributed by atoms with van der Waals surface area (Å²) in [7, 11) is 0. The van der Waals surface area contributed by atoms with E-state index in [1.54, 1.807) is 0 Å². The van der Waals surface area contributed by atoms with Gasteiger partial charge in [0.1, 0.15) is 0 Å². The van der Waals surface area contributed by atoms with Crippen LogP contribution in [0.1, 0.15) is 59.8 Å². The molecule has 0 aliphatic heterocycles. The van der Waals surface area contributed by atoms with Crippen molar-refractivity contribution in [2.24, 2.45) is 16.8 Å². The van der Waals surface area contributed by atoms with Crippen LogP contribution < -0.4 is 10.6 Å². The third-order valence-electron chi connectivity index (χ3n) is 4.01. The van der Waals surface area contributed by atoms with Crippen LogP contribution in [0.15, 0.2) is 4.99 Å². The second-order valence-electron chi connectivity index (χ2n) is 6.49. The highest BCUT2D eigenvalue weighted by molar-refractivity contribution is 14.0. The first-order chi connectivity index (χ1) is 9.52. The molecule has 5 heteroatoms. The van der Waals surface area contributed by atoms with Crippen molar-refractivity contribution in [3.8, 4) is 0 Å². The largest absolute Gasteiger partial charge is 0.393 e. The lowest BCUT2D eigenvalue weighted by Gasteiger charge is -2.19. The van der Waals surface area contributed by atoms with Gasteiger partial charge in [0.2, 0.25) is 0 Å². The van der Waals surface area contributed by atoms with Crippen molar-refractivity contribution in [3.05, 3.63) is 0 Å². The number of aliphatic hydroxyl groups excluding tert-OH is 1. The summed E-state index contributed by atoms with van der Waals surface area (Å²) in [5.74, 6) is 1.98. The summed E-state index contributed by atoms with van der Waals surface area (Å²) in [4.78, 5) is 4.65. The molecule has 1 aliphatic carbocycles. The van der Waals surface area contributed by atoms with Crippen LogP contribution in [0.25, 0.3) is 0 Å². The van der Waals surface area contributed by atoms with E-state index in [1.165, 1.54) is 6.42 Å². The van der Waals surface area contributed by atoms with Crippen molar-refractivity contribution in [2.45, 2.75) is 71.9 Å². The molecule has 4 nitrogen and oxygen atoms in total. The molecule has 0 heterocycles. The molecular formula is C16H34IN3O. The fourth-order valence-corrected chi connectivity index (χ4v) is 2.65. The van der Waals surface area contributed by atoms with E-state index < -0.39 is 0 Å². The molecule has 3 atom stereocenters. The molecule has 126 valence electrons. The van der Waals surface area contributed by atoms with Gasteiger partial charge in [0.15, 0.2) is 5.96 Å². The first-order valence-corrected chi connectivity index (χ1v) is 8.25. The van der Waals surface area contributed by atoms with E-state index in [2.05, 4.69) is 43.3 Å². The Morgan fingerprint density at radius 1 is 1.24 bits per heavy atom. The number of aliphatic imine (C=N–C) groups is 1.